The third kappa shape index (κ3) is 2.07. The van der Waals surface area contributed by atoms with E-state index < -0.39 is 0 Å². The Morgan fingerprint density at radius 3 is 2.81 bits per heavy atom. The highest BCUT2D eigenvalue weighted by Crippen LogP contribution is 2.31. The monoisotopic (exact) mass is 228 g/mol. The van der Waals surface area contributed by atoms with E-state index in [4.69, 9.17) is 11.0 Å². The molecular formula is C11H8N4S. The smallest absolute Gasteiger partial charge is 0.181 e. The van der Waals surface area contributed by atoms with E-state index in [0.29, 0.717) is 5.13 Å². The quantitative estimate of drug-likeness (QED) is 0.800. The summed E-state index contributed by atoms with van der Waals surface area (Å²) in [6.07, 6.45) is 6.47. The van der Waals surface area contributed by atoms with Gasteiger partial charge in [0.2, 0.25) is 0 Å². The molecule has 0 bridgehead atoms. The van der Waals surface area contributed by atoms with Crippen molar-refractivity contribution in [2.24, 2.45) is 0 Å². The van der Waals surface area contributed by atoms with Crippen molar-refractivity contribution in [3.63, 3.8) is 0 Å². The van der Waals surface area contributed by atoms with Crippen LogP contribution in [-0.4, -0.2) is 9.97 Å². The molecule has 2 aromatic heterocycles. The molecule has 78 valence electrons. The first-order valence-electron chi connectivity index (χ1n) is 4.54. The van der Waals surface area contributed by atoms with Crippen LogP contribution in [0.5, 0.6) is 0 Å². The maximum atomic E-state index is 8.49. The Kier molecular flexibility index (Phi) is 2.94. The number of aromatic nitrogens is 2. The summed E-state index contributed by atoms with van der Waals surface area (Å²) in [7, 11) is 0. The van der Waals surface area contributed by atoms with Crippen LogP contribution in [0.25, 0.3) is 16.5 Å². The van der Waals surface area contributed by atoms with E-state index >= 15 is 0 Å². The van der Waals surface area contributed by atoms with Gasteiger partial charge in [-0.05, 0) is 23.8 Å². The molecule has 2 heterocycles. The van der Waals surface area contributed by atoms with Gasteiger partial charge in [-0.25, -0.2) is 4.98 Å². The number of nitriles is 1. The molecule has 0 aliphatic carbocycles. The van der Waals surface area contributed by atoms with Crippen LogP contribution in [-0.2, 0) is 0 Å². The lowest BCUT2D eigenvalue weighted by atomic mass is 10.2. The minimum atomic E-state index is 0.490. The molecule has 0 spiro atoms. The van der Waals surface area contributed by atoms with Gasteiger partial charge in [-0.1, -0.05) is 11.3 Å². The number of pyridine rings is 1. The van der Waals surface area contributed by atoms with Crippen LogP contribution in [0.1, 0.15) is 5.69 Å². The summed E-state index contributed by atoms with van der Waals surface area (Å²) < 4.78 is 0. The van der Waals surface area contributed by atoms with Crippen molar-refractivity contribution in [3.05, 3.63) is 36.3 Å². The lowest BCUT2D eigenvalue weighted by molar-refractivity contribution is 1.33. The molecule has 2 rings (SSSR count). The number of anilines is 1. The van der Waals surface area contributed by atoms with Gasteiger partial charge in [-0.2, -0.15) is 5.26 Å². The van der Waals surface area contributed by atoms with Gasteiger partial charge in [-0.3, -0.25) is 4.98 Å². The van der Waals surface area contributed by atoms with E-state index in [-0.39, 0.29) is 0 Å². The van der Waals surface area contributed by atoms with E-state index in [2.05, 4.69) is 9.97 Å². The first kappa shape index (κ1) is 10.3. The summed E-state index contributed by atoms with van der Waals surface area (Å²) in [5.41, 5.74) is 7.38. The van der Waals surface area contributed by atoms with Crippen LogP contribution in [0, 0.1) is 11.3 Å². The zero-order chi connectivity index (χ0) is 11.4. The standard InChI is InChI=1S/C11H8N4S/c12-5-1-2-9-10(16-11(13)15-9)8-3-6-14-7-4-8/h1-4,6-7H,(H2,13,15)/b2-1+. The Bertz CT molecular complexity index is 551. The molecule has 0 amide bonds. The van der Waals surface area contributed by atoms with Crippen LogP contribution < -0.4 is 5.73 Å². The second-order valence-electron chi connectivity index (χ2n) is 2.96. The third-order valence-corrected chi connectivity index (χ3v) is 2.88. The first-order chi connectivity index (χ1) is 7.81. The molecule has 5 heteroatoms. The topological polar surface area (TPSA) is 75.6 Å². The second kappa shape index (κ2) is 4.55. The zero-order valence-electron chi connectivity index (χ0n) is 8.29. The van der Waals surface area contributed by atoms with Crippen molar-refractivity contribution >= 4 is 22.5 Å². The zero-order valence-corrected chi connectivity index (χ0v) is 9.11. The van der Waals surface area contributed by atoms with Gasteiger partial charge in [0.05, 0.1) is 16.6 Å². The van der Waals surface area contributed by atoms with Crippen LogP contribution in [0.4, 0.5) is 5.13 Å². The van der Waals surface area contributed by atoms with Crippen molar-refractivity contribution < 1.29 is 0 Å². The number of hydrogen-bond donors (Lipinski definition) is 1. The second-order valence-corrected chi connectivity index (χ2v) is 4.00. The average Bonchev–Trinajstić information content (AvgIpc) is 2.69. The number of nitrogens with zero attached hydrogens (tertiary/aromatic N) is 3. The largest absolute Gasteiger partial charge is 0.375 e. The predicted octanol–water partition coefficient (Wildman–Crippen LogP) is 2.32. The molecule has 0 fully saturated rings. The first-order valence-corrected chi connectivity index (χ1v) is 5.36. The molecule has 16 heavy (non-hydrogen) atoms. The molecule has 0 aliphatic rings. The summed E-state index contributed by atoms with van der Waals surface area (Å²) in [6, 6.07) is 5.71. The highest BCUT2D eigenvalue weighted by Gasteiger charge is 2.08. The maximum Gasteiger partial charge on any atom is 0.181 e. The molecular weight excluding hydrogens is 220 g/mol. The Labute approximate surface area is 96.7 Å². The van der Waals surface area contributed by atoms with Crippen molar-refractivity contribution in [2.45, 2.75) is 0 Å². The van der Waals surface area contributed by atoms with E-state index in [9.17, 15) is 0 Å². The fourth-order valence-electron chi connectivity index (χ4n) is 1.29. The third-order valence-electron chi connectivity index (χ3n) is 1.93. The van der Waals surface area contributed by atoms with Gasteiger partial charge in [0, 0.05) is 18.5 Å². The number of thiazole rings is 1. The van der Waals surface area contributed by atoms with Crippen molar-refractivity contribution in [3.8, 4) is 16.5 Å². The molecule has 2 N–H and O–H groups in total. The Balaban J connectivity index is 2.49. The summed E-state index contributed by atoms with van der Waals surface area (Å²) in [4.78, 5) is 9.06. The van der Waals surface area contributed by atoms with E-state index in [0.717, 1.165) is 16.1 Å². The maximum absolute atomic E-state index is 8.49. The number of rotatable bonds is 2. The summed E-state index contributed by atoms with van der Waals surface area (Å²) in [6.45, 7) is 0. The van der Waals surface area contributed by atoms with Crippen molar-refractivity contribution in [1.82, 2.24) is 9.97 Å². The van der Waals surface area contributed by atoms with Crippen molar-refractivity contribution in [1.29, 1.82) is 5.26 Å². The Morgan fingerprint density at radius 1 is 1.38 bits per heavy atom. The number of hydrogen-bond acceptors (Lipinski definition) is 5. The summed E-state index contributed by atoms with van der Waals surface area (Å²) in [5.74, 6) is 0. The van der Waals surface area contributed by atoms with Crippen LogP contribution in [0.2, 0.25) is 0 Å². The number of allylic oxidation sites excluding steroid dienone is 1. The van der Waals surface area contributed by atoms with Gasteiger partial charge in [-0.15, -0.1) is 0 Å². The lowest BCUT2D eigenvalue weighted by Gasteiger charge is -1.96. The highest BCUT2D eigenvalue weighted by atomic mass is 32.1. The normalized spacial score (nSPS) is 10.4. The molecule has 2 aromatic rings. The average molecular weight is 228 g/mol. The van der Waals surface area contributed by atoms with E-state index in [1.807, 2.05) is 18.2 Å². The minimum Gasteiger partial charge on any atom is -0.375 e. The summed E-state index contributed by atoms with van der Waals surface area (Å²) in [5, 5.41) is 8.98. The fourth-order valence-corrected chi connectivity index (χ4v) is 2.11. The molecule has 4 nitrogen and oxygen atoms in total. The fraction of sp³-hybridized carbons (Fsp3) is 0. The molecule has 0 unspecified atom stereocenters. The van der Waals surface area contributed by atoms with Crippen LogP contribution in [0.15, 0.2) is 30.6 Å². The van der Waals surface area contributed by atoms with Gasteiger partial charge in [0.15, 0.2) is 5.13 Å². The molecule has 0 aliphatic heterocycles. The SMILES string of the molecule is N#C/C=C/c1nc(N)sc1-c1ccncc1. The van der Waals surface area contributed by atoms with Crippen LogP contribution in [0.3, 0.4) is 0 Å². The molecule has 0 atom stereocenters. The van der Waals surface area contributed by atoms with Crippen LogP contribution >= 0.6 is 11.3 Å². The predicted molar refractivity (Wildman–Crippen MR) is 64.4 cm³/mol. The molecule has 0 radical (unpaired) electrons. The number of nitrogens with two attached hydrogens (primary N) is 1. The Hall–Kier alpha value is -2.19. The van der Waals surface area contributed by atoms with Crippen molar-refractivity contribution in [2.75, 3.05) is 5.73 Å². The van der Waals surface area contributed by atoms with Gasteiger partial charge in [0.25, 0.3) is 0 Å². The molecule has 0 aromatic carbocycles. The molecule has 0 saturated carbocycles. The number of nitrogen functional groups attached to an aromatic ring is 1. The minimum absolute atomic E-state index is 0.490. The lowest BCUT2D eigenvalue weighted by Crippen LogP contribution is -1.82. The van der Waals surface area contributed by atoms with E-state index in [1.165, 1.54) is 17.4 Å². The molecule has 0 saturated heterocycles. The van der Waals surface area contributed by atoms with E-state index in [1.54, 1.807) is 18.5 Å². The van der Waals surface area contributed by atoms with Gasteiger partial charge in [0.1, 0.15) is 0 Å². The highest BCUT2D eigenvalue weighted by molar-refractivity contribution is 7.19. The van der Waals surface area contributed by atoms with Gasteiger partial charge < -0.3 is 5.73 Å². The Morgan fingerprint density at radius 2 is 2.12 bits per heavy atom. The summed E-state index contributed by atoms with van der Waals surface area (Å²) >= 11 is 1.40. The van der Waals surface area contributed by atoms with Gasteiger partial charge >= 0.3 is 0 Å².